The van der Waals surface area contributed by atoms with Crippen molar-refractivity contribution < 1.29 is 34.0 Å². The highest BCUT2D eigenvalue weighted by Gasteiger charge is 2.24. The lowest BCUT2D eigenvalue weighted by molar-refractivity contribution is 0.415. The average Bonchev–Trinajstić information content (AvgIpc) is 2.78. The van der Waals surface area contributed by atoms with E-state index in [2.05, 4.69) is 0 Å². The summed E-state index contributed by atoms with van der Waals surface area (Å²) >= 11 is 0. The zero-order valence-electron chi connectivity index (χ0n) is 16.5. The van der Waals surface area contributed by atoms with E-state index < -0.39 is 8.25 Å². The normalized spacial score (nSPS) is 10.5. The molecule has 0 amide bonds. The molecule has 0 aromatic heterocycles. The van der Waals surface area contributed by atoms with Gasteiger partial charge >= 0.3 is 8.25 Å². The summed E-state index contributed by atoms with van der Waals surface area (Å²) in [5.41, 5.74) is 2.20. The maximum absolute atomic E-state index is 12.2. The molecule has 7 nitrogen and oxygen atoms in total. The second-order valence-electron chi connectivity index (χ2n) is 6.86. The smallest absolute Gasteiger partial charge is 0.508 e. The molecule has 4 aromatic rings. The third-order valence-corrected chi connectivity index (χ3v) is 5.37. The Kier molecular flexibility index (Phi) is 5.83. The molecule has 0 saturated carbocycles. The molecule has 32 heavy (non-hydrogen) atoms. The molecule has 0 fully saturated rings. The summed E-state index contributed by atoms with van der Waals surface area (Å²) in [4.78, 5) is 0. The molecule has 0 atom stereocenters. The monoisotopic (exact) mass is 449 g/mol. The lowest BCUT2D eigenvalue weighted by Crippen LogP contribution is -1.89. The van der Waals surface area contributed by atoms with Crippen molar-refractivity contribution in [2.45, 2.75) is 0 Å². The number of hydrogen-bond donors (Lipinski definition) is 4. The van der Waals surface area contributed by atoms with E-state index in [9.17, 15) is 25.0 Å². The van der Waals surface area contributed by atoms with Gasteiger partial charge in [-0.3, -0.25) is 0 Å². The Labute approximate surface area is 184 Å². The van der Waals surface area contributed by atoms with Gasteiger partial charge in [-0.15, -0.1) is 0 Å². The van der Waals surface area contributed by atoms with Gasteiger partial charge in [0.15, 0.2) is 11.5 Å². The van der Waals surface area contributed by atoms with Crippen LogP contribution in [0.5, 0.6) is 34.5 Å². The van der Waals surface area contributed by atoms with E-state index in [0.29, 0.717) is 33.8 Å². The maximum Gasteiger partial charge on any atom is 0.805 e. The summed E-state index contributed by atoms with van der Waals surface area (Å²) in [6, 6.07) is 21.4. The number of rotatable bonds is 6. The molecule has 0 aliphatic rings. The highest BCUT2D eigenvalue weighted by atomic mass is 31.1. The van der Waals surface area contributed by atoms with E-state index >= 15 is 0 Å². The first-order valence-electron chi connectivity index (χ1n) is 9.47. The summed E-state index contributed by atoms with van der Waals surface area (Å²) in [6.07, 6.45) is 0. The number of hydrogen-bond acceptors (Lipinski definition) is 7. The molecule has 0 saturated heterocycles. The fourth-order valence-electron chi connectivity index (χ4n) is 3.09. The van der Waals surface area contributed by atoms with Gasteiger partial charge < -0.3 is 20.4 Å². The van der Waals surface area contributed by atoms with Crippen LogP contribution < -0.4 is 9.05 Å². The van der Waals surface area contributed by atoms with E-state index in [-0.39, 0.29) is 23.0 Å². The molecule has 4 aromatic carbocycles. The number of benzene rings is 4. The second kappa shape index (κ2) is 8.88. The molecule has 0 unspecified atom stereocenters. The van der Waals surface area contributed by atoms with Crippen LogP contribution in [0.1, 0.15) is 0 Å². The van der Waals surface area contributed by atoms with Crippen molar-refractivity contribution in [1.29, 1.82) is 0 Å². The topological polar surface area (TPSA) is 116 Å². The van der Waals surface area contributed by atoms with Crippen molar-refractivity contribution in [3.8, 4) is 56.8 Å². The lowest BCUT2D eigenvalue weighted by atomic mass is 10.0. The molecule has 8 heteroatoms. The van der Waals surface area contributed by atoms with Crippen LogP contribution >= 0.6 is 8.25 Å². The minimum Gasteiger partial charge on any atom is -0.508 e. The zero-order chi connectivity index (χ0) is 22.7. The number of aromatic hydroxyl groups is 4. The summed E-state index contributed by atoms with van der Waals surface area (Å²) in [5.74, 6) is 0.702. The molecule has 0 aliphatic heterocycles. The Morgan fingerprint density at radius 2 is 0.906 bits per heavy atom. The summed E-state index contributed by atoms with van der Waals surface area (Å²) in [6.45, 7) is 0. The van der Waals surface area contributed by atoms with Gasteiger partial charge in [0.2, 0.25) is 0 Å². The van der Waals surface area contributed by atoms with Gasteiger partial charge in [-0.2, -0.15) is 0 Å². The minimum absolute atomic E-state index is 0.0216. The molecule has 160 valence electrons. The quantitative estimate of drug-likeness (QED) is 0.212. The van der Waals surface area contributed by atoms with Gasteiger partial charge in [0.25, 0.3) is 0 Å². The van der Waals surface area contributed by atoms with Crippen LogP contribution in [0.3, 0.4) is 0 Å². The Balaban J connectivity index is 1.41. The summed E-state index contributed by atoms with van der Waals surface area (Å²) in [7, 11) is -2.51. The van der Waals surface area contributed by atoms with Crippen molar-refractivity contribution in [3.63, 3.8) is 0 Å². The third-order valence-electron chi connectivity index (χ3n) is 4.65. The van der Waals surface area contributed by atoms with Crippen molar-refractivity contribution in [1.82, 2.24) is 0 Å². The van der Waals surface area contributed by atoms with Gasteiger partial charge in [0.05, 0.1) is 0 Å². The standard InChI is InChI=1S/C24H17O7P/c25-17-5-11-23(27)21(13-17)15-1-7-19(8-2-15)30-32(29)31-20-9-3-16(4-10-20)22-14-18(26)6-12-24(22)28/h1-14H,(H3-,25,26,27,28)/p+1. The predicted octanol–water partition coefficient (Wildman–Crippen LogP) is 5.96. The first kappa shape index (κ1) is 21.0. The fraction of sp³-hybridized carbons (Fsp3) is 0. The second-order valence-corrected chi connectivity index (χ2v) is 7.67. The van der Waals surface area contributed by atoms with Gasteiger partial charge in [-0.05, 0) is 71.8 Å². The Hall–Kier alpha value is -4.22. The van der Waals surface area contributed by atoms with Crippen LogP contribution in [0, 0.1) is 0 Å². The van der Waals surface area contributed by atoms with Crippen LogP contribution in [0.15, 0.2) is 84.9 Å². The van der Waals surface area contributed by atoms with Crippen LogP contribution in [0.4, 0.5) is 0 Å². The Bertz CT molecular complexity index is 1170. The van der Waals surface area contributed by atoms with Crippen molar-refractivity contribution in [2.75, 3.05) is 0 Å². The first-order valence-corrected chi connectivity index (χ1v) is 10.6. The molecule has 0 radical (unpaired) electrons. The largest absolute Gasteiger partial charge is 0.805 e. The van der Waals surface area contributed by atoms with Crippen LogP contribution in [0.2, 0.25) is 0 Å². The maximum atomic E-state index is 12.2. The lowest BCUT2D eigenvalue weighted by Gasteiger charge is -2.06. The highest BCUT2D eigenvalue weighted by Crippen LogP contribution is 2.37. The van der Waals surface area contributed by atoms with E-state index in [4.69, 9.17) is 9.05 Å². The Morgan fingerprint density at radius 3 is 1.28 bits per heavy atom. The number of phenols is 4. The zero-order valence-corrected chi connectivity index (χ0v) is 17.4. The van der Waals surface area contributed by atoms with Gasteiger partial charge in [-0.25, -0.2) is 9.05 Å². The molecule has 4 rings (SSSR count). The van der Waals surface area contributed by atoms with E-state index in [1.165, 1.54) is 36.4 Å². The van der Waals surface area contributed by atoms with Crippen LogP contribution in [-0.2, 0) is 4.57 Å². The van der Waals surface area contributed by atoms with Crippen LogP contribution in [0.25, 0.3) is 22.3 Å². The number of phenolic OH excluding ortho intramolecular Hbond substituents is 4. The van der Waals surface area contributed by atoms with E-state index in [0.717, 1.165) is 0 Å². The van der Waals surface area contributed by atoms with Crippen molar-refractivity contribution >= 4 is 8.25 Å². The predicted molar refractivity (Wildman–Crippen MR) is 119 cm³/mol. The van der Waals surface area contributed by atoms with Gasteiger partial charge in [0.1, 0.15) is 23.0 Å². The van der Waals surface area contributed by atoms with Gasteiger partial charge in [-0.1, -0.05) is 24.3 Å². The highest BCUT2D eigenvalue weighted by molar-refractivity contribution is 7.34. The summed E-state index contributed by atoms with van der Waals surface area (Å²) < 4.78 is 22.9. The van der Waals surface area contributed by atoms with Gasteiger partial charge in [0, 0.05) is 15.7 Å². The molecule has 0 bridgehead atoms. The fourth-order valence-corrected chi connectivity index (χ4v) is 3.72. The van der Waals surface area contributed by atoms with E-state index in [1.54, 1.807) is 48.5 Å². The Morgan fingerprint density at radius 1 is 0.531 bits per heavy atom. The molecule has 4 N–H and O–H groups in total. The minimum atomic E-state index is -2.51. The SMILES string of the molecule is O=[P+](Oc1ccc(-c2cc(O)ccc2O)cc1)Oc1ccc(-c2cc(O)ccc2O)cc1. The molecule has 0 spiro atoms. The molecule has 0 heterocycles. The first-order chi connectivity index (χ1) is 15.4. The molecular weight excluding hydrogens is 431 g/mol. The molecular formula is C24H18O7P+. The average molecular weight is 449 g/mol. The van der Waals surface area contributed by atoms with Crippen LogP contribution in [-0.4, -0.2) is 20.4 Å². The third kappa shape index (κ3) is 4.74. The molecule has 0 aliphatic carbocycles. The van der Waals surface area contributed by atoms with E-state index in [1.807, 2.05) is 0 Å². The van der Waals surface area contributed by atoms with Crippen molar-refractivity contribution in [2.24, 2.45) is 0 Å². The summed E-state index contributed by atoms with van der Waals surface area (Å²) in [5, 5.41) is 39.1. The van der Waals surface area contributed by atoms with Crippen molar-refractivity contribution in [3.05, 3.63) is 84.9 Å².